The Morgan fingerprint density at radius 2 is 2.00 bits per heavy atom. The van der Waals surface area contributed by atoms with E-state index in [1.807, 2.05) is 6.26 Å². The van der Waals surface area contributed by atoms with Crippen LogP contribution in [0.2, 0.25) is 0 Å². The third kappa shape index (κ3) is 4.46. The van der Waals surface area contributed by atoms with E-state index in [4.69, 9.17) is 0 Å². The van der Waals surface area contributed by atoms with Crippen molar-refractivity contribution in [1.82, 2.24) is 10.2 Å². The quantitative estimate of drug-likeness (QED) is 0.580. The topological polar surface area (TPSA) is 92.3 Å². The first-order valence-electron chi connectivity index (χ1n) is 7.09. The van der Waals surface area contributed by atoms with E-state index >= 15 is 0 Å². The summed E-state index contributed by atoms with van der Waals surface area (Å²) in [6.45, 7) is 1.76. The first kappa shape index (κ1) is 18.7. The molecule has 0 spiro atoms. The first-order valence-corrected chi connectivity index (χ1v) is 11.0. The van der Waals surface area contributed by atoms with Crippen molar-refractivity contribution in [3.8, 4) is 0 Å². The second-order valence-electron chi connectivity index (χ2n) is 4.88. The van der Waals surface area contributed by atoms with E-state index in [1.54, 1.807) is 37.3 Å². The number of para-hydroxylation sites is 1. The number of rotatable bonds is 7. The molecule has 1 N–H and O–H groups in total. The van der Waals surface area contributed by atoms with Crippen LogP contribution in [0, 0.1) is 0 Å². The van der Waals surface area contributed by atoms with Crippen LogP contribution in [0.4, 0.5) is 10.8 Å². The van der Waals surface area contributed by atoms with Crippen molar-refractivity contribution in [2.45, 2.75) is 23.7 Å². The molecule has 2 rings (SSSR count). The molecule has 0 aliphatic heterocycles. The highest BCUT2D eigenvalue weighted by molar-refractivity contribution is 8.00. The van der Waals surface area contributed by atoms with E-state index in [0.29, 0.717) is 17.2 Å². The van der Waals surface area contributed by atoms with Crippen LogP contribution < -0.4 is 9.62 Å². The zero-order valence-electron chi connectivity index (χ0n) is 13.5. The maximum absolute atomic E-state index is 12.6. The van der Waals surface area contributed by atoms with E-state index in [-0.39, 0.29) is 0 Å². The summed E-state index contributed by atoms with van der Waals surface area (Å²) in [6.07, 6.45) is 3.27. The molecule has 1 amide bonds. The standard InChI is InChI=1S/C14H18N4O3S3/c1-4-11(12(19)15-13-16-17-14(22-2)23-13)18(24(3,20)21)10-8-6-5-7-9-10/h5-9,11H,4H2,1-3H3,(H,15,16,19)/t11-/m0/s1. The second-order valence-corrected chi connectivity index (χ2v) is 8.78. The fourth-order valence-electron chi connectivity index (χ4n) is 2.17. The van der Waals surface area contributed by atoms with Crippen LogP contribution in [0.3, 0.4) is 0 Å². The van der Waals surface area contributed by atoms with E-state index in [0.717, 1.165) is 14.9 Å². The second kappa shape index (κ2) is 7.95. The van der Waals surface area contributed by atoms with Gasteiger partial charge < -0.3 is 0 Å². The monoisotopic (exact) mass is 386 g/mol. The molecule has 1 aromatic heterocycles. The van der Waals surface area contributed by atoms with Gasteiger partial charge in [0.1, 0.15) is 6.04 Å². The molecule has 130 valence electrons. The highest BCUT2D eigenvalue weighted by atomic mass is 32.2. The molecular formula is C14H18N4O3S3. The smallest absolute Gasteiger partial charge is 0.250 e. The van der Waals surface area contributed by atoms with Crippen molar-refractivity contribution in [2.24, 2.45) is 0 Å². The minimum absolute atomic E-state index is 0.321. The van der Waals surface area contributed by atoms with Crippen LogP contribution in [-0.4, -0.2) is 43.1 Å². The maximum atomic E-state index is 12.6. The average molecular weight is 387 g/mol. The molecule has 0 bridgehead atoms. The lowest BCUT2D eigenvalue weighted by Crippen LogP contribution is -2.46. The lowest BCUT2D eigenvalue weighted by Gasteiger charge is -2.29. The number of hydrogen-bond acceptors (Lipinski definition) is 7. The SMILES string of the molecule is CC[C@@H](C(=O)Nc1nnc(SC)s1)N(c1ccccc1)S(C)(=O)=O. The number of carbonyl (C=O) groups excluding carboxylic acids is 1. The Kier molecular flexibility index (Phi) is 6.19. The summed E-state index contributed by atoms with van der Waals surface area (Å²) in [7, 11) is -3.63. The number of nitrogens with one attached hydrogen (secondary N) is 1. The molecule has 7 nitrogen and oxygen atoms in total. The Bertz CT molecular complexity index is 793. The van der Waals surface area contributed by atoms with Crippen molar-refractivity contribution in [3.05, 3.63) is 30.3 Å². The summed E-state index contributed by atoms with van der Waals surface area (Å²) in [5.41, 5.74) is 0.448. The van der Waals surface area contributed by atoms with Crippen LogP contribution in [0.25, 0.3) is 0 Å². The zero-order chi connectivity index (χ0) is 17.7. The number of aromatic nitrogens is 2. The number of carbonyl (C=O) groups is 1. The lowest BCUT2D eigenvalue weighted by molar-refractivity contribution is -0.117. The van der Waals surface area contributed by atoms with Crippen molar-refractivity contribution >= 4 is 49.8 Å². The van der Waals surface area contributed by atoms with Gasteiger partial charge in [0.15, 0.2) is 4.34 Å². The molecule has 0 aliphatic rings. The van der Waals surface area contributed by atoms with Crippen molar-refractivity contribution < 1.29 is 13.2 Å². The molecule has 1 heterocycles. The predicted molar refractivity (Wildman–Crippen MR) is 98.2 cm³/mol. The molecule has 0 saturated heterocycles. The van der Waals surface area contributed by atoms with Gasteiger partial charge in [0.2, 0.25) is 21.1 Å². The van der Waals surface area contributed by atoms with E-state index in [9.17, 15) is 13.2 Å². The van der Waals surface area contributed by atoms with Gasteiger partial charge in [-0.1, -0.05) is 48.2 Å². The van der Waals surface area contributed by atoms with Crippen molar-refractivity contribution in [1.29, 1.82) is 0 Å². The van der Waals surface area contributed by atoms with Gasteiger partial charge in [-0.25, -0.2) is 8.42 Å². The van der Waals surface area contributed by atoms with Gasteiger partial charge in [-0.15, -0.1) is 10.2 Å². The Hall–Kier alpha value is -1.65. The molecule has 1 atom stereocenters. The van der Waals surface area contributed by atoms with Crippen LogP contribution >= 0.6 is 23.1 Å². The van der Waals surface area contributed by atoms with Gasteiger partial charge in [-0.2, -0.15) is 0 Å². The molecule has 2 aromatic rings. The Morgan fingerprint density at radius 1 is 1.33 bits per heavy atom. The van der Waals surface area contributed by atoms with Gasteiger partial charge in [-0.05, 0) is 24.8 Å². The van der Waals surface area contributed by atoms with Crippen molar-refractivity contribution in [3.63, 3.8) is 0 Å². The summed E-state index contributed by atoms with van der Waals surface area (Å²) in [6, 6.07) is 7.70. The molecule has 1 aromatic carbocycles. The Balaban J connectivity index is 2.30. The number of sulfonamides is 1. The fraction of sp³-hybridized carbons (Fsp3) is 0.357. The predicted octanol–water partition coefficient (Wildman–Crippen LogP) is 2.44. The van der Waals surface area contributed by atoms with Crippen LogP contribution in [-0.2, 0) is 14.8 Å². The van der Waals surface area contributed by atoms with Crippen LogP contribution in [0.1, 0.15) is 13.3 Å². The van der Waals surface area contributed by atoms with Crippen LogP contribution in [0.15, 0.2) is 34.7 Å². The normalized spacial score (nSPS) is 12.6. The number of hydrogen-bond donors (Lipinski definition) is 1. The van der Waals surface area contributed by atoms with Crippen molar-refractivity contribution in [2.75, 3.05) is 22.1 Å². The number of anilines is 2. The maximum Gasteiger partial charge on any atom is 0.250 e. The van der Waals surface area contributed by atoms with E-state index in [1.165, 1.54) is 23.1 Å². The Morgan fingerprint density at radius 3 is 2.50 bits per heavy atom. The van der Waals surface area contributed by atoms with Gasteiger partial charge in [0.25, 0.3) is 0 Å². The van der Waals surface area contributed by atoms with Gasteiger partial charge in [-0.3, -0.25) is 14.4 Å². The minimum atomic E-state index is -3.63. The molecule has 0 unspecified atom stereocenters. The average Bonchev–Trinajstić information content (AvgIpc) is 2.99. The van der Waals surface area contributed by atoms with Gasteiger partial charge in [0, 0.05) is 0 Å². The molecule has 0 aliphatic carbocycles. The van der Waals surface area contributed by atoms with E-state index in [2.05, 4.69) is 15.5 Å². The molecular weight excluding hydrogens is 368 g/mol. The van der Waals surface area contributed by atoms with Gasteiger partial charge in [0.05, 0.1) is 11.9 Å². The summed E-state index contributed by atoms with van der Waals surface area (Å²) in [5.74, 6) is -0.435. The molecule has 0 radical (unpaired) electrons. The van der Waals surface area contributed by atoms with E-state index < -0.39 is 22.0 Å². The molecule has 24 heavy (non-hydrogen) atoms. The summed E-state index contributed by atoms with van der Waals surface area (Å²) in [4.78, 5) is 12.6. The summed E-state index contributed by atoms with van der Waals surface area (Å²) >= 11 is 2.67. The summed E-state index contributed by atoms with van der Waals surface area (Å²) < 4.78 is 26.4. The molecule has 0 saturated carbocycles. The minimum Gasteiger partial charge on any atom is -0.299 e. The Labute approximate surface area is 149 Å². The lowest BCUT2D eigenvalue weighted by atomic mass is 10.2. The number of amides is 1. The highest BCUT2D eigenvalue weighted by Crippen LogP contribution is 2.25. The third-order valence-electron chi connectivity index (χ3n) is 3.15. The zero-order valence-corrected chi connectivity index (χ0v) is 15.9. The number of benzene rings is 1. The molecule has 10 heteroatoms. The highest BCUT2D eigenvalue weighted by Gasteiger charge is 2.31. The summed E-state index contributed by atoms with van der Waals surface area (Å²) in [5, 5.41) is 10.8. The molecule has 0 fully saturated rings. The largest absolute Gasteiger partial charge is 0.299 e. The number of nitrogens with zero attached hydrogens (tertiary/aromatic N) is 3. The third-order valence-corrected chi connectivity index (χ3v) is 6.15. The first-order chi connectivity index (χ1) is 11.4. The van der Waals surface area contributed by atoms with Crippen LogP contribution in [0.5, 0.6) is 0 Å². The van der Waals surface area contributed by atoms with Gasteiger partial charge >= 0.3 is 0 Å². The fourth-order valence-corrected chi connectivity index (χ4v) is 4.55. The number of thioether (sulfide) groups is 1.